The molecule has 2 nitrogen and oxygen atoms in total. The van der Waals surface area contributed by atoms with Crippen molar-refractivity contribution in [2.45, 2.75) is 131 Å². The van der Waals surface area contributed by atoms with E-state index in [-0.39, 0.29) is 0 Å². The van der Waals surface area contributed by atoms with Crippen molar-refractivity contribution in [1.29, 1.82) is 0 Å². The highest BCUT2D eigenvalue weighted by Crippen LogP contribution is 2.67. The standard InChI is InChI=1S/C32H56O2/c1-7-8-20-33-22-34-26-16-18-31(5)25(21-26)12-13-27-29-15-14-28(24(4)11-9-10-23(2)3)32(29,6)19-17-30(27)31/h12,23-24,26-30H,7-11,13-22H2,1-6H3/t24-,26+,27+,28-,29+,30+,31+,32-/m1/s1. The van der Waals surface area contributed by atoms with Gasteiger partial charge in [-0.3, -0.25) is 0 Å². The van der Waals surface area contributed by atoms with E-state index in [1.165, 1.54) is 70.6 Å². The molecule has 34 heavy (non-hydrogen) atoms. The van der Waals surface area contributed by atoms with Crippen molar-refractivity contribution in [3.8, 4) is 0 Å². The number of fused-ring (bicyclic) bond motifs is 5. The second kappa shape index (κ2) is 11.4. The molecule has 0 bridgehead atoms. The van der Waals surface area contributed by atoms with Crippen molar-refractivity contribution in [3.05, 3.63) is 11.6 Å². The molecule has 0 amide bonds. The minimum absolute atomic E-state index is 0.369. The molecule has 0 N–H and O–H groups in total. The van der Waals surface area contributed by atoms with Gasteiger partial charge in [0.15, 0.2) is 0 Å². The van der Waals surface area contributed by atoms with Gasteiger partial charge in [-0.2, -0.15) is 0 Å². The third-order valence-corrected chi connectivity index (χ3v) is 11.3. The molecule has 4 aliphatic rings. The molecule has 0 aromatic carbocycles. The first-order chi connectivity index (χ1) is 16.3. The van der Waals surface area contributed by atoms with Crippen molar-refractivity contribution >= 4 is 0 Å². The van der Waals surface area contributed by atoms with Gasteiger partial charge in [-0.25, -0.2) is 0 Å². The maximum absolute atomic E-state index is 6.17. The Bertz CT molecular complexity index is 682. The molecule has 196 valence electrons. The molecule has 0 unspecified atom stereocenters. The smallest absolute Gasteiger partial charge is 0.147 e. The summed E-state index contributed by atoms with van der Waals surface area (Å²) >= 11 is 0. The predicted octanol–water partition coefficient (Wildman–Crippen LogP) is 9.19. The van der Waals surface area contributed by atoms with Crippen LogP contribution in [0.4, 0.5) is 0 Å². The van der Waals surface area contributed by atoms with E-state index >= 15 is 0 Å². The van der Waals surface area contributed by atoms with Gasteiger partial charge in [0.25, 0.3) is 0 Å². The van der Waals surface area contributed by atoms with E-state index in [1.54, 1.807) is 5.57 Å². The predicted molar refractivity (Wildman–Crippen MR) is 144 cm³/mol. The Morgan fingerprint density at radius 3 is 2.56 bits per heavy atom. The Morgan fingerprint density at radius 2 is 1.79 bits per heavy atom. The molecule has 0 spiro atoms. The van der Waals surface area contributed by atoms with Crippen molar-refractivity contribution in [1.82, 2.24) is 0 Å². The summed E-state index contributed by atoms with van der Waals surface area (Å²) in [6.07, 6.45) is 20.6. The normalized spacial score (nSPS) is 40.4. The molecule has 0 radical (unpaired) electrons. The zero-order chi connectivity index (χ0) is 24.3. The highest BCUT2D eigenvalue weighted by atomic mass is 16.7. The minimum atomic E-state index is 0.369. The van der Waals surface area contributed by atoms with E-state index in [2.05, 4.69) is 47.6 Å². The SMILES string of the molecule is CCCCOCO[C@H]1CC[C@@]2(C)C(=CC[C@H]3[C@@H]4CC[C@H]([C@H](C)CCCC(C)C)[C@@]4(C)CC[C@@H]32)C1. The summed E-state index contributed by atoms with van der Waals surface area (Å²) < 4.78 is 11.9. The number of unbranched alkanes of at least 4 members (excludes halogenated alkanes) is 1. The van der Waals surface area contributed by atoms with Crippen molar-refractivity contribution in [3.63, 3.8) is 0 Å². The molecule has 0 saturated heterocycles. The Hall–Kier alpha value is -0.340. The molecule has 2 heteroatoms. The van der Waals surface area contributed by atoms with E-state index in [4.69, 9.17) is 9.47 Å². The Morgan fingerprint density at radius 1 is 0.971 bits per heavy atom. The molecule has 0 aromatic rings. The van der Waals surface area contributed by atoms with Crippen LogP contribution in [-0.2, 0) is 9.47 Å². The van der Waals surface area contributed by atoms with Gasteiger partial charge in [-0.15, -0.1) is 0 Å². The van der Waals surface area contributed by atoms with E-state index in [9.17, 15) is 0 Å². The monoisotopic (exact) mass is 472 g/mol. The van der Waals surface area contributed by atoms with Crippen LogP contribution in [0.25, 0.3) is 0 Å². The fourth-order valence-electron chi connectivity index (χ4n) is 9.24. The largest absolute Gasteiger partial charge is 0.355 e. The highest BCUT2D eigenvalue weighted by molar-refractivity contribution is 5.25. The molecule has 0 heterocycles. The van der Waals surface area contributed by atoms with E-state index in [0.29, 0.717) is 23.7 Å². The van der Waals surface area contributed by atoms with Crippen LogP contribution in [0.15, 0.2) is 11.6 Å². The van der Waals surface area contributed by atoms with Crippen molar-refractivity contribution < 1.29 is 9.47 Å². The lowest BCUT2D eigenvalue weighted by molar-refractivity contribution is -0.110. The van der Waals surface area contributed by atoms with Gasteiger partial charge in [0.2, 0.25) is 0 Å². The lowest BCUT2D eigenvalue weighted by Gasteiger charge is -2.58. The zero-order valence-corrected chi connectivity index (χ0v) is 23.5. The fraction of sp³-hybridized carbons (Fsp3) is 0.938. The number of rotatable bonds is 11. The topological polar surface area (TPSA) is 18.5 Å². The number of hydrogen-bond donors (Lipinski definition) is 0. The van der Waals surface area contributed by atoms with E-state index in [1.807, 2.05) is 0 Å². The average molecular weight is 473 g/mol. The first-order valence-corrected chi connectivity index (χ1v) is 15.2. The minimum Gasteiger partial charge on any atom is -0.355 e. The molecule has 8 atom stereocenters. The van der Waals surface area contributed by atoms with Crippen LogP contribution in [0.2, 0.25) is 0 Å². The van der Waals surface area contributed by atoms with Gasteiger partial charge in [-0.05, 0) is 104 Å². The lowest BCUT2D eigenvalue weighted by Crippen LogP contribution is -2.51. The van der Waals surface area contributed by atoms with Crippen LogP contribution < -0.4 is 0 Å². The van der Waals surface area contributed by atoms with Crippen LogP contribution >= 0.6 is 0 Å². The number of ether oxygens (including phenoxy) is 2. The Labute approximate surface area is 212 Å². The second-order valence-corrected chi connectivity index (χ2v) is 13.7. The first-order valence-electron chi connectivity index (χ1n) is 15.2. The maximum atomic E-state index is 6.17. The highest BCUT2D eigenvalue weighted by Gasteiger charge is 2.59. The van der Waals surface area contributed by atoms with Crippen LogP contribution in [0, 0.1) is 46.3 Å². The van der Waals surface area contributed by atoms with Crippen LogP contribution in [0.3, 0.4) is 0 Å². The van der Waals surface area contributed by atoms with Crippen molar-refractivity contribution in [2.24, 2.45) is 46.3 Å². The quantitative estimate of drug-likeness (QED) is 0.169. The van der Waals surface area contributed by atoms with E-state index < -0.39 is 0 Å². The summed E-state index contributed by atoms with van der Waals surface area (Å²) in [5.41, 5.74) is 2.75. The molecule has 4 aliphatic carbocycles. The summed E-state index contributed by atoms with van der Waals surface area (Å²) in [5, 5.41) is 0. The Kier molecular flexibility index (Phi) is 8.93. The van der Waals surface area contributed by atoms with Crippen LogP contribution in [-0.4, -0.2) is 19.5 Å². The fourth-order valence-corrected chi connectivity index (χ4v) is 9.24. The van der Waals surface area contributed by atoms with Gasteiger partial charge in [-0.1, -0.05) is 78.9 Å². The molecule has 4 rings (SSSR count). The van der Waals surface area contributed by atoms with Crippen LogP contribution in [0.1, 0.15) is 125 Å². The molecular formula is C32H56O2. The summed E-state index contributed by atoms with van der Waals surface area (Å²) in [4.78, 5) is 0. The average Bonchev–Trinajstić information content (AvgIpc) is 3.16. The maximum Gasteiger partial charge on any atom is 0.147 e. The van der Waals surface area contributed by atoms with Gasteiger partial charge < -0.3 is 9.47 Å². The van der Waals surface area contributed by atoms with E-state index in [0.717, 1.165) is 55.0 Å². The number of hydrogen-bond acceptors (Lipinski definition) is 2. The third-order valence-electron chi connectivity index (χ3n) is 11.3. The molecule has 0 aliphatic heterocycles. The number of allylic oxidation sites excluding steroid dienone is 1. The second-order valence-electron chi connectivity index (χ2n) is 13.7. The lowest BCUT2D eigenvalue weighted by atomic mass is 9.47. The van der Waals surface area contributed by atoms with Crippen LogP contribution in [0.5, 0.6) is 0 Å². The summed E-state index contributed by atoms with van der Waals surface area (Å²) in [5.74, 6) is 5.51. The summed E-state index contributed by atoms with van der Waals surface area (Å²) in [6.45, 7) is 16.2. The summed E-state index contributed by atoms with van der Waals surface area (Å²) in [7, 11) is 0. The third kappa shape index (κ3) is 5.34. The molecular weight excluding hydrogens is 416 g/mol. The summed E-state index contributed by atoms with van der Waals surface area (Å²) in [6, 6.07) is 0. The van der Waals surface area contributed by atoms with Gasteiger partial charge in [0.1, 0.15) is 6.79 Å². The molecule has 3 saturated carbocycles. The first kappa shape index (κ1) is 26.7. The molecule has 3 fully saturated rings. The van der Waals surface area contributed by atoms with Crippen molar-refractivity contribution in [2.75, 3.05) is 13.4 Å². The van der Waals surface area contributed by atoms with Gasteiger partial charge in [0.05, 0.1) is 6.10 Å². The molecule has 0 aromatic heterocycles. The van der Waals surface area contributed by atoms with Gasteiger partial charge >= 0.3 is 0 Å². The Balaban J connectivity index is 1.37. The zero-order valence-electron chi connectivity index (χ0n) is 23.5. The van der Waals surface area contributed by atoms with Gasteiger partial charge in [0, 0.05) is 6.61 Å².